The molecule has 0 amide bonds. The highest BCUT2D eigenvalue weighted by Crippen LogP contribution is 2.27. The number of aromatic nitrogens is 2. The SMILES string of the molecule is COC(=O)c1ccc2c(c1)nc(Cl)c1cc(O)cn12. The van der Waals surface area contributed by atoms with Crippen molar-refractivity contribution in [1.82, 2.24) is 9.38 Å². The maximum atomic E-state index is 11.5. The topological polar surface area (TPSA) is 63.8 Å². The van der Waals surface area contributed by atoms with Gasteiger partial charge >= 0.3 is 5.97 Å². The van der Waals surface area contributed by atoms with Crippen LogP contribution in [-0.4, -0.2) is 27.6 Å². The van der Waals surface area contributed by atoms with Crippen LogP contribution in [0.2, 0.25) is 5.15 Å². The number of ether oxygens (including phenoxy) is 1. The lowest BCUT2D eigenvalue weighted by Crippen LogP contribution is -2.02. The van der Waals surface area contributed by atoms with E-state index in [-0.39, 0.29) is 10.9 Å². The summed E-state index contributed by atoms with van der Waals surface area (Å²) in [6.07, 6.45) is 1.54. The highest BCUT2D eigenvalue weighted by molar-refractivity contribution is 6.33. The van der Waals surface area contributed by atoms with Crippen LogP contribution in [0.5, 0.6) is 5.75 Å². The third kappa shape index (κ3) is 1.79. The van der Waals surface area contributed by atoms with E-state index in [2.05, 4.69) is 9.72 Å². The van der Waals surface area contributed by atoms with Crippen LogP contribution in [0.15, 0.2) is 30.5 Å². The monoisotopic (exact) mass is 276 g/mol. The zero-order chi connectivity index (χ0) is 13.6. The first kappa shape index (κ1) is 11.8. The van der Waals surface area contributed by atoms with E-state index in [1.54, 1.807) is 28.8 Å². The molecule has 3 aromatic rings. The third-order valence-corrected chi connectivity index (χ3v) is 3.17. The van der Waals surface area contributed by atoms with E-state index < -0.39 is 5.97 Å². The summed E-state index contributed by atoms with van der Waals surface area (Å²) in [6, 6.07) is 6.50. The molecule has 2 heterocycles. The van der Waals surface area contributed by atoms with E-state index in [1.807, 2.05) is 0 Å². The molecule has 5 nitrogen and oxygen atoms in total. The summed E-state index contributed by atoms with van der Waals surface area (Å²) >= 11 is 6.06. The predicted octanol–water partition coefficient (Wildman–Crippen LogP) is 2.63. The van der Waals surface area contributed by atoms with Gasteiger partial charge in [-0.1, -0.05) is 11.6 Å². The van der Waals surface area contributed by atoms with E-state index in [9.17, 15) is 9.90 Å². The molecule has 0 saturated carbocycles. The third-order valence-electron chi connectivity index (χ3n) is 2.89. The Hall–Kier alpha value is -2.27. The first-order chi connectivity index (χ1) is 9.10. The van der Waals surface area contributed by atoms with Gasteiger partial charge in [-0.2, -0.15) is 0 Å². The van der Waals surface area contributed by atoms with Crippen molar-refractivity contribution in [3.05, 3.63) is 41.2 Å². The van der Waals surface area contributed by atoms with Crippen LogP contribution in [0.25, 0.3) is 16.6 Å². The quantitative estimate of drug-likeness (QED) is 0.694. The molecule has 6 heteroatoms. The summed E-state index contributed by atoms with van der Waals surface area (Å²) in [4.78, 5) is 15.7. The number of aromatic hydroxyl groups is 1. The molecule has 19 heavy (non-hydrogen) atoms. The van der Waals surface area contributed by atoms with Crippen molar-refractivity contribution in [2.45, 2.75) is 0 Å². The molecule has 0 atom stereocenters. The first-order valence-electron chi connectivity index (χ1n) is 5.49. The average Bonchev–Trinajstić information content (AvgIpc) is 2.80. The molecule has 0 fully saturated rings. The minimum absolute atomic E-state index is 0.105. The normalized spacial score (nSPS) is 11.1. The Labute approximate surface area is 113 Å². The van der Waals surface area contributed by atoms with E-state index >= 15 is 0 Å². The van der Waals surface area contributed by atoms with Gasteiger partial charge in [0, 0.05) is 6.07 Å². The Bertz CT molecular complexity index is 810. The average molecular weight is 277 g/mol. The van der Waals surface area contributed by atoms with Crippen LogP contribution < -0.4 is 0 Å². The Morgan fingerprint density at radius 1 is 1.37 bits per heavy atom. The lowest BCUT2D eigenvalue weighted by atomic mass is 10.2. The van der Waals surface area contributed by atoms with Crippen molar-refractivity contribution in [1.29, 1.82) is 0 Å². The molecular formula is C13H9ClN2O3. The second-order valence-electron chi connectivity index (χ2n) is 4.05. The van der Waals surface area contributed by atoms with Crippen molar-refractivity contribution in [3.8, 4) is 5.75 Å². The summed E-state index contributed by atoms with van der Waals surface area (Å²) in [5, 5.41) is 9.80. The van der Waals surface area contributed by atoms with Gasteiger partial charge in [0.25, 0.3) is 0 Å². The molecule has 2 aromatic heterocycles. The standard InChI is InChI=1S/C13H9ClN2O3/c1-19-13(18)7-2-3-10-9(4-7)15-12(14)11-5-8(17)6-16(10)11/h2-6,17H,1H3. The molecule has 0 spiro atoms. The predicted molar refractivity (Wildman–Crippen MR) is 70.7 cm³/mol. The fourth-order valence-corrected chi connectivity index (χ4v) is 2.27. The molecule has 1 aromatic carbocycles. The molecule has 0 aliphatic heterocycles. The number of methoxy groups -OCH3 is 1. The number of nitrogens with zero attached hydrogens (tertiary/aromatic N) is 2. The smallest absolute Gasteiger partial charge is 0.337 e. The fourth-order valence-electron chi connectivity index (χ4n) is 2.03. The van der Waals surface area contributed by atoms with Crippen LogP contribution in [0.3, 0.4) is 0 Å². The molecule has 1 N–H and O–H groups in total. The van der Waals surface area contributed by atoms with Crippen LogP contribution >= 0.6 is 11.6 Å². The van der Waals surface area contributed by atoms with Crippen molar-refractivity contribution >= 4 is 34.1 Å². The van der Waals surface area contributed by atoms with E-state index in [1.165, 1.54) is 13.2 Å². The summed E-state index contributed by atoms with van der Waals surface area (Å²) in [5.74, 6) is -0.330. The van der Waals surface area contributed by atoms with Crippen molar-refractivity contribution in [3.63, 3.8) is 0 Å². The molecule has 0 saturated heterocycles. The van der Waals surface area contributed by atoms with Gasteiger partial charge in [0.05, 0.1) is 35.4 Å². The Balaban J connectivity index is 2.36. The Morgan fingerprint density at radius 2 is 2.16 bits per heavy atom. The largest absolute Gasteiger partial charge is 0.506 e. The number of hydrogen-bond donors (Lipinski definition) is 1. The zero-order valence-corrected chi connectivity index (χ0v) is 10.7. The maximum Gasteiger partial charge on any atom is 0.337 e. The van der Waals surface area contributed by atoms with E-state index in [0.29, 0.717) is 16.6 Å². The van der Waals surface area contributed by atoms with Gasteiger partial charge in [-0.05, 0) is 18.2 Å². The van der Waals surface area contributed by atoms with Crippen LogP contribution in [-0.2, 0) is 4.74 Å². The number of esters is 1. The van der Waals surface area contributed by atoms with Crippen molar-refractivity contribution in [2.24, 2.45) is 0 Å². The number of benzene rings is 1. The van der Waals surface area contributed by atoms with Gasteiger partial charge in [0.1, 0.15) is 5.75 Å². The zero-order valence-electron chi connectivity index (χ0n) is 9.92. The number of halogens is 1. The number of carbonyl (C=O) groups excluding carboxylic acids is 1. The second-order valence-corrected chi connectivity index (χ2v) is 4.41. The summed E-state index contributed by atoms with van der Waals surface area (Å²) in [7, 11) is 1.32. The van der Waals surface area contributed by atoms with Gasteiger partial charge in [0.15, 0.2) is 5.15 Å². The molecule has 0 bridgehead atoms. The van der Waals surface area contributed by atoms with Gasteiger partial charge in [-0.3, -0.25) is 0 Å². The molecule has 0 aliphatic carbocycles. The number of hydrogen-bond acceptors (Lipinski definition) is 4. The summed E-state index contributed by atoms with van der Waals surface area (Å²) in [6.45, 7) is 0. The van der Waals surface area contributed by atoms with Gasteiger partial charge < -0.3 is 14.2 Å². The molecule has 0 unspecified atom stereocenters. The minimum Gasteiger partial charge on any atom is -0.506 e. The Kier molecular flexibility index (Phi) is 2.57. The lowest BCUT2D eigenvalue weighted by molar-refractivity contribution is 0.0601. The highest BCUT2D eigenvalue weighted by atomic mass is 35.5. The summed E-state index contributed by atoms with van der Waals surface area (Å²) < 4.78 is 6.38. The lowest BCUT2D eigenvalue weighted by Gasteiger charge is -2.05. The van der Waals surface area contributed by atoms with Gasteiger partial charge in [-0.15, -0.1) is 0 Å². The second kappa shape index (κ2) is 4.13. The van der Waals surface area contributed by atoms with Crippen LogP contribution in [0.4, 0.5) is 0 Å². The minimum atomic E-state index is -0.435. The first-order valence-corrected chi connectivity index (χ1v) is 5.86. The van der Waals surface area contributed by atoms with Crippen LogP contribution in [0, 0.1) is 0 Å². The van der Waals surface area contributed by atoms with Crippen molar-refractivity contribution < 1.29 is 14.6 Å². The van der Waals surface area contributed by atoms with E-state index in [0.717, 1.165) is 5.52 Å². The molecule has 0 aliphatic rings. The molecule has 96 valence electrons. The van der Waals surface area contributed by atoms with Crippen LogP contribution in [0.1, 0.15) is 10.4 Å². The van der Waals surface area contributed by atoms with E-state index in [4.69, 9.17) is 11.6 Å². The highest BCUT2D eigenvalue weighted by Gasteiger charge is 2.12. The van der Waals surface area contributed by atoms with Gasteiger partial charge in [-0.25, -0.2) is 9.78 Å². The van der Waals surface area contributed by atoms with Gasteiger partial charge in [0.2, 0.25) is 0 Å². The molecule has 0 radical (unpaired) electrons. The maximum absolute atomic E-state index is 11.5. The number of carbonyl (C=O) groups is 1. The Morgan fingerprint density at radius 3 is 2.89 bits per heavy atom. The van der Waals surface area contributed by atoms with Crippen molar-refractivity contribution in [2.75, 3.05) is 7.11 Å². The summed E-state index contributed by atoms with van der Waals surface area (Å²) in [5.41, 5.74) is 2.30. The molecular weight excluding hydrogens is 268 g/mol. The molecule has 3 rings (SSSR count). The number of rotatable bonds is 1. The fraction of sp³-hybridized carbons (Fsp3) is 0.0769. The number of fused-ring (bicyclic) bond motifs is 3.